The molecule has 1 aliphatic heterocycles. The maximum atomic E-state index is 11.8. The van der Waals surface area contributed by atoms with E-state index < -0.39 is 18.5 Å². The van der Waals surface area contributed by atoms with E-state index >= 15 is 0 Å². The molecular weight excluding hydrogens is 594 g/mol. The van der Waals surface area contributed by atoms with Crippen LogP contribution < -0.4 is 15.8 Å². The molecule has 1 atom stereocenters. The van der Waals surface area contributed by atoms with Crippen LogP contribution >= 0.6 is 34.9 Å². The summed E-state index contributed by atoms with van der Waals surface area (Å²) in [5, 5.41) is 22.4. The number of hydrogen-bond acceptors (Lipinski definition) is 8. The van der Waals surface area contributed by atoms with E-state index in [1.54, 1.807) is 0 Å². The molecule has 1 unspecified atom stereocenters. The van der Waals surface area contributed by atoms with E-state index in [2.05, 4.69) is 40.0 Å². The van der Waals surface area contributed by atoms with Crippen molar-refractivity contribution in [3.05, 3.63) is 99.9 Å². The van der Waals surface area contributed by atoms with Crippen LogP contribution in [0.15, 0.2) is 78.9 Å². The summed E-state index contributed by atoms with van der Waals surface area (Å²) in [7, 11) is 0. The van der Waals surface area contributed by atoms with Crippen LogP contribution in [0.2, 0.25) is 5.02 Å². The summed E-state index contributed by atoms with van der Waals surface area (Å²) in [6, 6.07) is 26.4. The van der Waals surface area contributed by atoms with Crippen molar-refractivity contribution in [1.29, 1.82) is 0 Å². The maximum Gasteiger partial charge on any atom is 0.349 e. The Morgan fingerprint density at radius 1 is 1.02 bits per heavy atom. The molecule has 42 heavy (non-hydrogen) atoms. The lowest BCUT2D eigenvalue weighted by Gasteiger charge is -2.34. The minimum absolute atomic E-state index is 0.0919. The third-order valence-electron chi connectivity index (χ3n) is 6.86. The number of benzene rings is 3. The Labute approximate surface area is 257 Å². The van der Waals surface area contributed by atoms with Gasteiger partial charge in [0, 0.05) is 30.5 Å². The van der Waals surface area contributed by atoms with Crippen molar-refractivity contribution in [3.8, 4) is 16.2 Å². The van der Waals surface area contributed by atoms with Crippen LogP contribution in [-0.4, -0.2) is 52.2 Å². The summed E-state index contributed by atoms with van der Waals surface area (Å²) in [6.07, 6.45) is 1.90. The van der Waals surface area contributed by atoms with Gasteiger partial charge in [-0.05, 0) is 53.8 Å². The standard InChI is InChI=1S/C31H30ClN3O5S2/c32-26-27(40-18-25(36)37)30(31(38)39)41-29(26)21-9-5-11-24(17-21)34-23-12-14-35(15-13-23)42-28(19-6-2-1-3-7-19)20-8-4-10-22(33)16-20/h1-11,16-17,23,28,34H,12-15,18,33H2,(H,36,37)(H,38,39). The number of carboxylic acids is 2. The summed E-state index contributed by atoms with van der Waals surface area (Å²) < 4.78 is 7.64. The first-order chi connectivity index (χ1) is 20.3. The predicted molar refractivity (Wildman–Crippen MR) is 170 cm³/mol. The van der Waals surface area contributed by atoms with Gasteiger partial charge in [0.25, 0.3) is 0 Å². The number of ether oxygens (including phenoxy) is 1. The zero-order chi connectivity index (χ0) is 29.6. The van der Waals surface area contributed by atoms with Gasteiger partial charge < -0.3 is 26.0 Å². The monoisotopic (exact) mass is 623 g/mol. The molecule has 0 saturated carbocycles. The quantitative estimate of drug-likeness (QED) is 0.102. The van der Waals surface area contributed by atoms with Gasteiger partial charge in [-0.25, -0.2) is 13.9 Å². The Hall–Kier alpha value is -3.70. The van der Waals surface area contributed by atoms with Crippen LogP contribution in [0.4, 0.5) is 11.4 Å². The Morgan fingerprint density at radius 2 is 1.74 bits per heavy atom. The SMILES string of the molecule is Nc1cccc(C(SN2CCC(Nc3cccc(-c4sc(C(=O)O)c(OCC(=O)O)c4Cl)c3)CC2)c2ccccc2)c1. The van der Waals surface area contributed by atoms with Gasteiger partial charge in [0.2, 0.25) is 0 Å². The largest absolute Gasteiger partial charge is 0.479 e. The number of hydrogen-bond donors (Lipinski definition) is 4. The molecule has 0 aliphatic carbocycles. The number of rotatable bonds is 11. The van der Waals surface area contributed by atoms with Crippen LogP contribution in [0.25, 0.3) is 10.4 Å². The first-order valence-electron chi connectivity index (χ1n) is 13.4. The predicted octanol–water partition coefficient (Wildman–Crippen LogP) is 7.13. The molecule has 3 aromatic carbocycles. The van der Waals surface area contributed by atoms with Crippen molar-refractivity contribution in [2.24, 2.45) is 0 Å². The van der Waals surface area contributed by atoms with Gasteiger partial charge in [-0.2, -0.15) is 0 Å². The van der Waals surface area contributed by atoms with Gasteiger partial charge in [0.05, 0.1) is 10.1 Å². The maximum absolute atomic E-state index is 11.8. The van der Waals surface area contributed by atoms with Crippen molar-refractivity contribution in [3.63, 3.8) is 0 Å². The van der Waals surface area contributed by atoms with Gasteiger partial charge in [-0.3, -0.25) is 0 Å². The van der Waals surface area contributed by atoms with Gasteiger partial charge >= 0.3 is 11.9 Å². The molecule has 0 radical (unpaired) electrons. The van der Waals surface area contributed by atoms with Gasteiger partial charge in [0.1, 0.15) is 5.02 Å². The Morgan fingerprint density at radius 3 is 2.43 bits per heavy atom. The first kappa shape index (κ1) is 29.8. The smallest absolute Gasteiger partial charge is 0.349 e. The van der Waals surface area contributed by atoms with Crippen molar-refractivity contribution < 1.29 is 24.5 Å². The number of aromatic carboxylic acids is 1. The topological polar surface area (TPSA) is 125 Å². The number of nitrogens with one attached hydrogen (secondary N) is 1. The summed E-state index contributed by atoms with van der Waals surface area (Å²) in [4.78, 5) is 23.1. The summed E-state index contributed by atoms with van der Waals surface area (Å²) in [5.74, 6) is -2.56. The zero-order valence-electron chi connectivity index (χ0n) is 22.5. The molecule has 1 saturated heterocycles. The van der Waals surface area contributed by atoms with Crippen LogP contribution in [0, 0.1) is 0 Å². The number of nitrogens with zero attached hydrogens (tertiary/aromatic N) is 1. The average Bonchev–Trinajstić information content (AvgIpc) is 3.32. The van der Waals surface area contributed by atoms with E-state index in [9.17, 15) is 14.7 Å². The lowest BCUT2D eigenvalue weighted by Crippen LogP contribution is -2.36. The molecular formula is C31H30ClN3O5S2. The molecule has 1 fully saturated rings. The van der Waals surface area contributed by atoms with Crippen LogP contribution in [0.5, 0.6) is 5.75 Å². The third kappa shape index (κ3) is 7.19. The second-order valence-corrected chi connectivity index (χ2v) is 12.5. The molecule has 5 N–H and O–H groups in total. The molecule has 218 valence electrons. The normalized spacial score (nSPS) is 14.8. The molecule has 4 aromatic rings. The Balaban J connectivity index is 1.25. The van der Waals surface area contributed by atoms with Gasteiger partial charge in [-0.1, -0.05) is 78.1 Å². The van der Waals surface area contributed by atoms with Crippen molar-refractivity contribution in [2.75, 3.05) is 30.7 Å². The number of nitrogen functional groups attached to an aromatic ring is 1. The fourth-order valence-corrected chi connectivity index (χ4v) is 7.56. The zero-order valence-corrected chi connectivity index (χ0v) is 24.9. The molecule has 1 aliphatic rings. The molecule has 0 bridgehead atoms. The molecule has 0 amide bonds. The fraction of sp³-hybridized carbons (Fsp3) is 0.226. The number of halogens is 1. The average molecular weight is 624 g/mol. The number of carboxylic acid groups (broad SMARTS) is 2. The van der Waals surface area contributed by atoms with Crippen molar-refractivity contribution in [2.45, 2.75) is 24.1 Å². The van der Waals surface area contributed by atoms with Crippen molar-refractivity contribution in [1.82, 2.24) is 4.31 Å². The molecule has 2 heterocycles. The second-order valence-electron chi connectivity index (χ2n) is 9.89. The summed E-state index contributed by atoms with van der Waals surface area (Å²) >= 11 is 9.29. The second kappa shape index (κ2) is 13.5. The number of aliphatic carboxylic acids is 1. The van der Waals surface area contributed by atoms with Crippen LogP contribution in [-0.2, 0) is 4.79 Å². The molecule has 8 nitrogen and oxygen atoms in total. The molecule has 0 spiro atoms. The number of nitrogens with two attached hydrogens (primary N) is 1. The highest BCUT2D eigenvalue weighted by molar-refractivity contribution is 7.97. The van der Waals surface area contributed by atoms with Crippen LogP contribution in [0.1, 0.15) is 38.9 Å². The highest BCUT2D eigenvalue weighted by Gasteiger charge is 2.26. The molecule has 11 heteroatoms. The highest BCUT2D eigenvalue weighted by Crippen LogP contribution is 2.46. The Kier molecular flexibility index (Phi) is 9.58. The van der Waals surface area contributed by atoms with E-state index in [4.69, 9.17) is 27.2 Å². The number of thiophene rings is 1. The summed E-state index contributed by atoms with van der Waals surface area (Å²) in [6.45, 7) is 1.15. The molecule has 1 aromatic heterocycles. The third-order valence-corrected chi connectivity index (χ3v) is 9.96. The number of carbonyl (C=O) groups is 2. The van der Waals surface area contributed by atoms with Crippen LogP contribution in [0.3, 0.4) is 0 Å². The summed E-state index contributed by atoms with van der Waals surface area (Å²) in [5.41, 5.74) is 10.9. The van der Waals surface area contributed by atoms with E-state index in [-0.39, 0.29) is 26.9 Å². The molecule has 5 rings (SSSR count). The highest BCUT2D eigenvalue weighted by atomic mass is 35.5. The van der Waals surface area contributed by atoms with Gasteiger partial charge in [-0.15, -0.1) is 11.3 Å². The number of anilines is 2. The fourth-order valence-electron chi connectivity index (χ4n) is 4.89. The first-order valence-corrected chi connectivity index (χ1v) is 15.4. The van der Waals surface area contributed by atoms with E-state index in [1.165, 1.54) is 11.1 Å². The minimum Gasteiger partial charge on any atom is -0.479 e. The van der Waals surface area contributed by atoms with E-state index in [1.807, 2.05) is 60.5 Å². The number of piperidine rings is 1. The Bertz CT molecular complexity index is 1560. The van der Waals surface area contributed by atoms with Crippen molar-refractivity contribution >= 4 is 58.2 Å². The lowest BCUT2D eigenvalue weighted by atomic mass is 10.0. The van der Waals surface area contributed by atoms with Gasteiger partial charge in [0.15, 0.2) is 17.2 Å². The minimum atomic E-state index is -1.22. The lowest BCUT2D eigenvalue weighted by molar-refractivity contribution is -0.139. The van der Waals surface area contributed by atoms with E-state index in [0.29, 0.717) is 4.88 Å². The van der Waals surface area contributed by atoms with E-state index in [0.717, 1.165) is 54.2 Å².